The van der Waals surface area contributed by atoms with E-state index in [0.717, 1.165) is 31.4 Å². The Labute approximate surface area is 79.1 Å². The highest BCUT2D eigenvalue weighted by Gasteiger charge is 2.03. The maximum absolute atomic E-state index is 5.88. The molecule has 0 fully saturated rings. The summed E-state index contributed by atoms with van der Waals surface area (Å²) in [6.45, 7) is 2.15. The third-order valence-electron chi connectivity index (χ3n) is 2.08. The standard InChI is InChI=1S/C9H18N4/c1-3-4-8(10)5-6-9-7-13(2)12-11-9/h7-8H,3-6,10H2,1-2H3. The van der Waals surface area contributed by atoms with Crippen LogP contribution in [0.3, 0.4) is 0 Å². The third kappa shape index (κ3) is 3.55. The molecule has 0 amide bonds. The van der Waals surface area contributed by atoms with Crippen molar-refractivity contribution in [2.24, 2.45) is 12.8 Å². The van der Waals surface area contributed by atoms with Crippen molar-refractivity contribution < 1.29 is 0 Å². The average molecular weight is 182 g/mol. The van der Waals surface area contributed by atoms with Crippen LogP contribution >= 0.6 is 0 Å². The van der Waals surface area contributed by atoms with Gasteiger partial charge in [-0.25, -0.2) is 0 Å². The summed E-state index contributed by atoms with van der Waals surface area (Å²) in [5.41, 5.74) is 6.92. The van der Waals surface area contributed by atoms with Gasteiger partial charge in [-0.05, 0) is 19.3 Å². The van der Waals surface area contributed by atoms with Gasteiger partial charge in [0.1, 0.15) is 0 Å². The Hall–Kier alpha value is -0.900. The summed E-state index contributed by atoms with van der Waals surface area (Å²) in [5, 5.41) is 7.87. The van der Waals surface area contributed by atoms with Crippen LogP contribution in [0.2, 0.25) is 0 Å². The van der Waals surface area contributed by atoms with E-state index >= 15 is 0 Å². The maximum atomic E-state index is 5.88. The molecule has 13 heavy (non-hydrogen) atoms. The number of hydrogen-bond donors (Lipinski definition) is 1. The molecule has 0 bridgehead atoms. The summed E-state index contributed by atoms with van der Waals surface area (Å²) in [5.74, 6) is 0. The Morgan fingerprint density at radius 3 is 2.85 bits per heavy atom. The maximum Gasteiger partial charge on any atom is 0.0827 e. The minimum Gasteiger partial charge on any atom is -0.328 e. The highest BCUT2D eigenvalue weighted by Crippen LogP contribution is 2.03. The SMILES string of the molecule is CCCC(N)CCc1cn(C)nn1. The lowest BCUT2D eigenvalue weighted by molar-refractivity contribution is 0.557. The molecule has 0 saturated carbocycles. The van der Waals surface area contributed by atoms with Crippen LogP contribution in [-0.4, -0.2) is 21.0 Å². The molecule has 2 N–H and O–H groups in total. The zero-order valence-electron chi connectivity index (χ0n) is 8.40. The predicted octanol–water partition coefficient (Wildman–Crippen LogP) is 0.875. The normalized spacial score (nSPS) is 13.2. The van der Waals surface area contributed by atoms with Crippen LogP contribution in [0.15, 0.2) is 6.20 Å². The van der Waals surface area contributed by atoms with Gasteiger partial charge in [0.2, 0.25) is 0 Å². The van der Waals surface area contributed by atoms with Crippen molar-refractivity contribution >= 4 is 0 Å². The van der Waals surface area contributed by atoms with Crippen molar-refractivity contribution in [1.29, 1.82) is 0 Å². The quantitative estimate of drug-likeness (QED) is 0.735. The number of nitrogens with zero attached hydrogens (tertiary/aromatic N) is 3. The highest BCUT2D eigenvalue weighted by atomic mass is 15.4. The number of hydrogen-bond acceptors (Lipinski definition) is 3. The van der Waals surface area contributed by atoms with E-state index in [1.54, 1.807) is 4.68 Å². The molecule has 74 valence electrons. The number of aromatic nitrogens is 3. The smallest absolute Gasteiger partial charge is 0.0827 e. The van der Waals surface area contributed by atoms with Gasteiger partial charge < -0.3 is 5.73 Å². The molecular weight excluding hydrogens is 164 g/mol. The van der Waals surface area contributed by atoms with E-state index in [9.17, 15) is 0 Å². The molecular formula is C9H18N4. The molecule has 1 aromatic rings. The van der Waals surface area contributed by atoms with Gasteiger partial charge in [-0.1, -0.05) is 18.6 Å². The molecule has 1 heterocycles. The molecule has 4 nitrogen and oxygen atoms in total. The first-order chi connectivity index (χ1) is 6.22. The van der Waals surface area contributed by atoms with Crippen LogP contribution in [0.1, 0.15) is 31.9 Å². The summed E-state index contributed by atoms with van der Waals surface area (Å²) >= 11 is 0. The fourth-order valence-corrected chi connectivity index (χ4v) is 1.36. The minimum atomic E-state index is 0.312. The van der Waals surface area contributed by atoms with Gasteiger partial charge >= 0.3 is 0 Å². The van der Waals surface area contributed by atoms with Gasteiger partial charge in [-0.15, -0.1) is 5.10 Å². The second kappa shape index (κ2) is 4.97. The molecule has 0 aliphatic rings. The van der Waals surface area contributed by atoms with Crippen molar-refractivity contribution in [3.05, 3.63) is 11.9 Å². The molecule has 0 saturated heterocycles. The topological polar surface area (TPSA) is 56.7 Å². The van der Waals surface area contributed by atoms with E-state index in [4.69, 9.17) is 5.73 Å². The molecule has 1 aromatic heterocycles. The Bertz CT molecular complexity index is 244. The molecule has 0 aromatic carbocycles. The predicted molar refractivity (Wildman–Crippen MR) is 52.2 cm³/mol. The highest BCUT2D eigenvalue weighted by molar-refractivity contribution is 4.92. The molecule has 1 unspecified atom stereocenters. The monoisotopic (exact) mass is 182 g/mol. The first kappa shape index (κ1) is 10.2. The van der Waals surface area contributed by atoms with Crippen molar-refractivity contribution in [2.75, 3.05) is 0 Å². The Morgan fingerprint density at radius 1 is 1.54 bits per heavy atom. The van der Waals surface area contributed by atoms with Gasteiger partial charge in [-0.3, -0.25) is 4.68 Å². The first-order valence-electron chi connectivity index (χ1n) is 4.83. The summed E-state index contributed by atoms with van der Waals surface area (Å²) in [6.07, 6.45) is 6.14. The Morgan fingerprint density at radius 2 is 2.31 bits per heavy atom. The van der Waals surface area contributed by atoms with Gasteiger partial charge in [0, 0.05) is 19.3 Å². The van der Waals surface area contributed by atoms with E-state index in [0.29, 0.717) is 6.04 Å². The lowest BCUT2D eigenvalue weighted by atomic mass is 10.1. The zero-order valence-corrected chi connectivity index (χ0v) is 8.40. The molecule has 0 spiro atoms. The minimum absolute atomic E-state index is 0.312. The molecule has 1 rings (SSSR count). The summed E-state index contributed by atoms with van der Waals surface area (Å²) in [4.78, 5) is 0. The lowest BCUT2D eigenvalue weighted by Gasteiger charge is -2.07. The van der Waals surface area contributed by atoms with Gasteiger partial charge in [0.05, 0.1) is 5.69 Å². The molecule has 0 aliphatic carbocycles. The zero-order chi connectivity index (χ0) is 9.68. The third-order valence-corrected chi connectivity index (χ3v) is 2.08. The van der Waals surface area contributed by atoms with Crippen LogP contribution in [-0.2, 0) is 13.5 Å². The summed E-state index contributed by atoms with van der Waals surface area (Å²) < 4.78 is 1.72. The van der Waals surface area contributed by atoms with Crippen LogP contribution in [0.25, 0.3) is 0 Å². The summed E-state index contributed by atoms with van der Waals surface area (Å²) in [6, 6.07) is 0.312. The number of aryl methyl sites for hydroxylation is 2. The average Bonchev–Trinajstić information content (AvgIpc) is 2.49. The van der Waals surface area contributed by atoms with E-state index in [1.807, 2.05) is 13.2 Å². The molecule has 4 heteroatoms. The van der Waals surface area contributed by atoms with Gasteiger partial charge in [0.25, 0.3) is 0 Å². The second-order valence-corrected chi connectivity index (χ2v) is 3.47. The summed E-state index contributed by atoms with van der Waals surface area (Å²) in [7, 11) is 1.88. The van der Waals surface area contributed by atoms with Crippen LogP contribution in [0.4, 0.5) is 0 Å². The van der Waals surface area contributed by atoms with E-state index in [-0.39, 0.29) is 0 Å². The van der Waals surface area contributed by atoms with E-state index < -0.39 is 0 Å². The fraction of sp³-hybridized carbons (Fsp3) is 0.778. The Balaban J connectivity index is 2.26. The van der Waals surface area contributed by atoms with E-state index in [1.165, 1.54) is 0 Å². The van der Waals surface area contributed by atoms with Crippen molar-refractivity contribution in [1.82, 2.24) is 15.0 Å². The molecule has 1 atom stereocenters. The number of rotatable bonds is 5. The van der Waals surface area contributed by atoms with E-state index in [2.05, 4.69) is 17.2 Å². The lowest BCUT2D eigenvalue weighted by Crippen LogP contribution is -2.20. The van der Waals surface area contributed by atoms with Gasteiger partial charge in [-0.2, -0.15) is 0 Å². The first-order valence-corrected chi connectivity index (χ1v) is 4.83. The van der Waals surface area contributed by atoms with Crippen molar-refractivity contribution in [3.63, 3.8) is 0 Å². The molecule has 0 radical (unpaired) electrons. The van der Waals surface area contributed by atoms with Crippen LogP contribution in [0.5, 0.6) is 0 Å². The van der Waals surface area contributed by atoms with Gasteiger partial charge in [0.15, 0.2) is 0 Å². The number of nitrogens with two attached hydrogens (primary N) is 1. The second-order valence-electron chi connectivity index (χ2n) is 3.47. The Kier molecular flexibility index (Phi) is 3.89. The van der Waals surface area contributed by atoms with Crippen LogP contribution < -0.4 is 5.73 Å². The fourth-order valence-electron chi connectivity index (χ4n) is 1.36. The van der Waals surface area contributed by atoms with Crippen LogP contribution in [0, 0.1) is 0 Å². The molecule has 0 aliphatic heterocycles. The van der Waals surface area contributed by atoms with Crippen molar-refractivity contribution in [2.45, 2.75) is 38.6 Å². The van der Waals surface area contributed by atoms with Crippen molar-refractivity contribution in [3.8, 4) is 0 Å². The largest absolute Gasteiger partial charge is 0.328 e.